The standard InChI is InChI=1S/C15H13NO5S2/c1-21-12(17)6-7-16-13(18)11(23-15(16)22)8-9-4-2-3-5-10(9)14(19)20/h2-5,8H,6-7H2,1H3,(H,19,20)/b11-8+. The number of hydrogen-bond acceptors (Lipinski definition) is 6. The van der Waals surface area contributed by atoms with Crippen LogP contribution < -0.4 is 0 Å². The van der Waals surface area contributed by atoms with Gasteiger partial charge in [-0.05, 0) is 17.7 Å². The molecule has 1 aliphatic rings. The molecule has 23 heavy (non-hydrogen) atoms. The highest BCUT2D eigenvalue weighted by molar-refractivity contribution is 8.26. The second-order valence-electron chi connectivity index (χ2n) is 4.55. The Hall–Kier alpha value is -2.19. The first kappa shape index (κ1) is 17.2. The van der Waals surface area contributed by atoms with Crippen molar-refractivity contribution in [3.63, 3.8) is 0 Å². The monoisotopic (exact) mass is 351 g/mol. The number of benzene rings is 1. The van der Waals surface area contributed by atoms with Crippen molar-refractivity contribution in [2.45, 2.75) is 6.42 Å². The Bertz CT molecular complexity index is 714. The zero-order chi connectivity index (χ0) is 17.0. The van der Waals surface area contributed by atoms with Gasteiger partial charge in [0.1, 0.15) is 4.32 Å². The maximum atomic E-state index is 12.4. The highest BCUT2D eigenvalue weighted by Crippen LogP contribution is 2.33. The van der Waals surface area contributed by atoms with Gasteiger partial charge in [-0.3, -0.25) is 14.5 Å². The van der Waals surface area contributed by atoms with Gasteiger partial charge >= 0.3 is 11.9 Å². The van der Waals surface area contributed by atoms with Gasteiger partial charge in [0.2, 0.25) is 0 Å². The quantitative estimate of drug-likeness (QED) is 0.494. The van der Waals surface area contributed by atoms with Crippen LogP contribution in [-0.4, -0.2) is 45.8 Å². The van der Waals surface area contributed by atoms with Crippen LogP contribution in [0.3, 0.4) is 0 Å². The molecule has 0 radical (unpaired) electrons. The fourth-order valence-electron chi connectivity index (χ4n) is 1.96. The van der Waals surface area contributed by atoms with E-state index in [1.807, 2.05) is 0 Å². The van der Waals surface area contributed by atoms with Crippen molar-refractivity contribution >= 4 is 52.2 Å². The molecule has 0 bridgehead atoms. The first-order chi connectivity index (χ1) is 10.9. The molecule has 1 saturated heterocycles. The summed E-state index contributed by atoms with van der Waals surface area (Å²) in [6, 6.07) is 6.38. The van der Waals surface area contributed by atoms with Gasteiger partial charge < -0.3 is 9.84 Å². The number of aromatic carboxylic acids is 1. The Morgan fingerprint density at radius 1 is 1.39 bits per heavy atom. The number of rotatable bonds is 5. The zero-order valence-corrected chi connectivity index (χ0v) is 13.8. The number of thiocarbonyl (C=S) groups is 1. The lowest BCUT2D eigenvalue weighted by atomic mass is 10.1. The molecule has 1 amide bonds. The van der Waals surface area contributed by atoms with E-state index in [2.05, 4.69) is 4.74 Å². The van der Waals surface area contributed by atoms with Crippen LogP contribution in [0.2, 0.25) is 0 Å². The summed E-state index contributed by atoms with van der Waals surface area (Å²) < 4.78 is 4.87. The molecule has 1 heterocycles. The zero-order valence-electron chi connectivity index (χ0n) is 12.1. The lowest BCUT2D eigenvalue weighted by Gasteiger charge is -2.12. The number of carboxylic acid groups (broad SMARTS) is 1. The molecule has 0 unspecified atom stereocenters. The molecule has 0 atom stereocenters. The van der Waals surface area contributed by atoms with Crippen LogP contribution in [-0.2, 0) is 14.3 Å². The lowest BCUT2D eigenvalue weighted by molar-refractivity contribution is -0.140. The van der Waals surface area contributed by atoms with E-state index in [9.17, 15) is 19.5 Å². The second-order valence-corrected chi connectivity index (χ2v) is 6.23. The Morgan fingerprint density at radius 3 is 2.74 bits per heavy atom. The average Bonchev–Trinajstić information content (AvgIpc) is 2.79. The van der Waals surface area contributed by atoms with Crippen molar-refractivity contribution in [1.29, 1.82) is 0 Å². The maximum absolute atomic E-state index is 12.4. The van der Waals surface area contributed by atoms with Crippen LogP contribution in [0.15, 0.2) is 29.2 Å². The van der Waals surface area contributed by atoms with Gasteiger partial charge in [-0.25, -0.2) is 4.79 Å². The SMILES string of the molecule is COC(=O)CCN1C(=O)/C(=C\c2ccccc2C(=O)O)SC1=S. The summed E-state index contributed by atoms with van der Waals surface area (Å²) in [5.74, 6) is -1.85. The molecule has 1 aromatic rings. The summed E-state index contributed by atoms with van der Waals surface area (Å²) in [7, 11) is 1.27. The Labute approximate surface area is 142 Å². The molecular weight excluding hydrogens is 338 g/mol. The number of nitrogens with zero attached hydrogens (tertiary/aromatic N) is 1. The summed E-state index contributed by atoms with van der Waals surface area (Å²) in [4.78, 5) is 36.4. The van der Waals surface area contributed by atoms with Gasteiger partial charge in [-0.15, -0.1) is 0 Å². The molecule has 8 heteroatoms. The molecule has 0 aromatic heterocycles. The van der Waals surface area contributed by atoms with Crippen LogP contribution in [0.1, 0.15) is 22.3 Å². The Balaban J connectivity index is 2.22. The van der Waals surface area contributed by atoms with Crippen molar-refractivity contribution in [1.82, 2.24) is 4.90 Å². The normalized spacial score (nSPS) is 16.0. The van der Waals surface area contributed by atoms with Gasteiger partial charge in [-0.1, -0.05) is 42.2 Å². The maximum Gasteiger partial charge on any atom is 0.336 e. The Morgan fingerprint density at radius 2 is 2.09 bits per heavy atom. The second kappa shape index (κ2) is 7.38. The van der Waals surface area contributed by atoms with E-state index in [0.29, 0.717) is 14.8 Å². The number of hydrogen-bond donors (Lipinski definition) is 1. The number of ether oxygens (including phenoxy) is 1. The van der Waals surface area contributed by atoms with Crippen molar-refractivity contribution < 1.29 is 24.2 Å². The number of amides is 1. The number of carboxylic acids is 1. The minimum atomic E-state index is -1.07. The molecule has 0 spiro atoms. The third kappa shape index (κ3) is 3.96. The van der Waals surface area contributed by atoms with E-state index in [-0.39, 0.29) is 24.4 Å². The van der Waals surface area contributed by atoms with Crippen molar-refractivity contribution in [2.75, 3.05) is 13.7 Å². The molecule has 2 rings (SSSR count). The van der Waals surface area contributed by atoms with E-state index in [0.717, 1.165) is 11.8 Å². The number of carbonyl (C=O) groups excluding carboxylic acids is 2. The van der Waals surface area contributed by atoms with Crippen molar-refractivity contribution in [3.05, 3.63) is 40.3 Å². The van der Waals surface area contributed by atoms with Gasteiger partial charge in [0.25, 0.3) is 5.91 Å². The fourth-order valence-corrected chi connectivity index (χ4v) is 3.26. The summed E-state index contributed by atoms with van der Waals surface area (Å²) in [5, 5.41) is 9.17. The largest absolute Gasteiger partial charge is 0.478 e. The molecule has 1 N–H and O–H groups in total. The highest BCUT2D eigenvalue weighted by atomic mass is 32.2. The third-order valence-corrected chi connectivity index (χ3v) is 4.50. The number of methoxy groups -OCH3 is 1. The molecule has 1 fully saturated rings. The summed E-state index contributed by atoms with van der Waals surface area (Å²) in [5.41, 5.74) is 0.529. The topological polar surface area (TPSA) is 83.9 Å². The van der Waals surface area contributed by atoms with E-state index in [4.69, 9.17) is 12.2 Å². The first-order valence-electron chi connectivity index (χ1n) is 6.58. The van der Waals surface area contributed by atoms with Gasteiger partial charge in [0.15, 0.2) is 0 Å². The summed E-state index contributed by atoms with van der Waals surface area (Å²) >= 11 is 6.22. The van der Waals surface area contributed by atoms with Crippen LogP contribution in [0, 0.1) is 0 Å². The molecule has 0 saturated carbocycles. The predicted molar refractivity (Wildman–Crippen MR) is 89.9 cm³/mol. The van der Waals surface area contributed by atoms with E-state index in [1.165, 1.54) is 24.2 Å². The van der Waals surface area contributed by atoms with Gasteiger partial charge in [-0.2, -0.15) is 0 Å². The van der Waals surface area contributed by atoms with Gasteiger partial charge in [0, 0.05) is 6.54 Å². The van der Waals surface area contributed by atoms with Crippen molar-refractivity contribution in [2.24, 2.45) is 0 Å². The summed E-state index contributed by atoms with van der Waals surface area (Å²) in [6.07, 6.45) is 1.54. The molecule has 1 aliphatic heterocycles. The number of carbonyl (C=O) groups is 3. The summed E-state index contributed by atoms with van der Waals surface area (Å²) in [6.45, 7) is 0.134. The van der Waals surface area contributed by atoms with Crippen LogP contribution in [0.4, 0.5) is 0 Å². The molecule has 6 nitrogen and oxygen atoms in total. The molecule has 1 aromatic carbocycles. The van der Waals surface area contributed by atoms with Gasteiger partial charge in [0.05, 0.1) is 24.0 Å². The van der Waals surface area contributed by atoms with Crippen molar-refractivity contribution in [3.8, 4) is 0 Å². The Kier molecular flexibility index (Phi) is 5.51. The fraction of sp³-hybridized carbons (Fsp3) is 0.200. The minimum absolute atomic E-state index is 0.0436. The van der Waals surface area contributed by atoms with Crippen LogP contribution in [0.25, 0.3) is 6.08 Å². The lowest BCUT2D eigenvalue weighted by Crippen LogP contribution is -2.30. The predicted octanol–water partition coefficient (Wildman–Crippen LogP) is 2.15. The molecule has 120 valence electrons. The number of esters is 1. The van der Waals surface area contributed by atoms with Crippen LogP contribution >= 0.6 is 24.0 Å². The minimum Gasteiger partial charge on any atom is -0.478 e. The van der Waals surface area contributed by atoms with E-state index < -0.39 is 11.9 Å². The van der Waals surface area contributed by atoms with Crippen LogP contribution in [0.5, 0.6) is 0 Å². The highest BCUT2D eigenvalue weighted by Gasteiger charge is 2.32. The van der Waals surface area contributed by atoms with E-state index in [1.54, 1.807) is 18.2 Å². The third-order valence-electron chi connectivity index (χ3n) is 3.12. The first-order valence-corrected chi connectivity index (χ1v) is 7.81. The number of thioether (sulfide) groups is 1. The molecular formula is C15H13NO5S2. The average molecular weight is 351 g/mol. The molecule has 0 aliphatic carbocycles. The van der Waals surface area contributed by atoms with E-state index >= 15 is 0 Å². The smallest absolute Gasteiger partial charge is 0.336 e.